The highest BCUT2D eigenvalue weighted by Crippen LogP contribution is 2.24. The second-order valence-corrected chi connectivity index (χ2v) is 9.02. The largest absolute Gasteiger partial charge is 0.444 e. The van der Waals surface area contributed by atoms with Crippen LogP contribution in [0.4, 0.5) is 4.79 Å². The Kier molecular flexibility index (Phi) is 7.33. The van der Waals surface area contributed by atoms with Gasteiger partial charge in [-0.3, -0.25) is 9.69 Å². The molecule has 0 spiro atoms. The molecule has 0 aromatic rings. The Labute approximate surface area is 158 Å². The lowest BCUT2D eigenvalue weighted by Gasteiger charge is -2.42. The molecule has 2 amide bonds. The lowest BCUT2D eigenvalue weighted by atomic mass is 9.94. The van der Waals surface area contributed by atoms with Crippen molar-refractivity contribution in [2.75, 3.05) is 26.2 Å². The van der Waals surface area contributed by atoms with E-state index >= 15 is 0 Å². The fraction of sp³-hybridized carbons (Fsp3) is 0.900. The molecule has 0 radical (unpaired) electrons. The van der Waals surface area contributed by atoms with E-state index in [4.69, 9.17) is 4.74 Å². The molecule has 0 saturated carbocycles. The lowest BCUT2D eigenvalue weighted by molar-refractivity contribution is -0.141. The summed E-state index contributed by atoms with van der Waals surface area (Å²) < 4.78 is 5.30. The Bertz CT molecular complexity index is 487. The molecule has 2 heterocycles. The molecule has 2 aliphatic heterocycles. The number of amides is 2. The van der Waals surface area contributed by atoms with Gasteiger partial charge in [0.05, 0.1) is 6.04 Å². The van der Waals surface area contributed by atoms with Crippen molar-refractivity contribution in [1.82, 2.24) is 15.1 Å². The average Bonchev–Trinajstić information content (AvgIpc) is 2.58. The fourth-order valence-electron chi connectivity index (χ4n) is 4.02. The first-order valence-electron chi connectivity index (χ1n) is 10.2. The first-order valence-corrected chi connectivity index (χ1v) is 10.2. The Hall–Kier alpha value is -1.30. The van der Waals surface area contributed by atoms with Crippen molar-refractivity contribution < 1.29 is 14.3 Å². The number of carbonyl (C=O) groups excluding carboxylic acids is 2. The Morgan fingerprint density at radius 2 is 1.85 bits per heavy atom. The fourth-order valence-corrected chi connectivity index (χ4v) is 4.02. The molecule has 6 heteroatoms. The number of piperidine rings is 2. The van der Waals surface area contributed by atoms with Crippen LogP contribution in [0.5, 0.6) is 0 Å². The van der Waals surface area contributed by atoms with Crippen molar-refractivity contribution in [3.05, 3.63) is 0 Å². The van der Waals surface area contributed by atoms with Crippen LogP contribution in [-0.4, -0.2) is 65.7 Å². The van der Waals surface area contributed by atoms with Gasteiger partial charge in [0, 0.05) is 25.7 Å². The van der Waals surface area contributed by atoms with E-state index in [1.165, 1.54) is 6.42 Å². The Morgan fingerprint density at radius 1 is 1.12 bits per heavy atom. The van der Waals surface area contributed by atoms with Gasteiger partial charge < -0.3 is 15.0 Å². The van der Waals surface area contributed by atoms with Crippen LogP contribution in [0.15, 0.2) is 0 Å². The van der Waals surface area contributed by atoms with E-state index in [0.29, 0.717) is 18.5 Å². The highest BCUT2D eigenvalue weighted by Gasteiger charge is 2.35. The quantitative estimate of drug-likeness (QED) is 0.830. The molecule has 150 valence electrons. The van der Waals surface area contributed by atoms with Crippen LogP contribution >= 0.6 is 0 Å². The van der Waals surface area contributed by atoms with Crippen LogP contribution in [0, 0.1) is 5.92 Å². The first kappa shape index (κ1) is 21.0. The highest BCUT2D eigenvalue weighted by molar-refractivity contribution is 5.82. The summed E-state index contributed by atoms with van der Waals surface area (Å²) in [5.41, 5.74) is -0.486. The molecular formula is C20H37N3O3. The van der Waals surface area contributed by atoms with Crippen molar-refractivity contribution in [3.63, 3.8) is 0 Å². The zero-order valence-electron chi connectivity index (χ0n) is 17.2. The maximum Gasteiger partial charge on any atom is 0.407 e. The molecule has 6 nitrogen and oxygen atoms in total. The van der Waals surface area contributed by atoms with Crippen LogP contribution in [-0.2, 0) is 9.53 Å². The van der Waals surface area contributed by atoms with Gasteiger partial charge in [-0.25, -0.2) is 4.79 Å². The summed E-state index contributed by atoms with van der Waals surface area (Å²) in [6.07, 6.45) is 4.95. The number of nitrogens with one attached hydrogen (secondary N) is 1. The molecule has 2 aliphatic rings. The van der Waals surface area contributed by atoms with Crippen LogP contribution in [0.3, 0.4) is 0 Å². The second-order valence-electron chi connectivity index (χ2n) is 9.02. The molecule has 2 rings (SSSR count). The summed E-state index contributed by atoms with van der Waals surface area (Å²) in [6.45, 7) is 13.1. The van der Waals surface area contributed by atoms with E-state index in [0.717, 1.165) is 45.3 Å². The third-order valence-corrected chi connectivity index (χ3v) is 5.26. The SMILES string of the molecule is CC(C)N1CCCCC1C(=O)N1CCCC(CNC(=O)OC(C)(C)C)C1. The van der Waals surface area contributed by atoms with Gasteiger partial charge in [0.1, 0.15) is 5.60 Å². The number of alkyl carbamates (subject to hydrolysis) is 1. The molecule has 2 atom stereocenters. The Balaban J connectivity index is 1.86. The predicted octanol–water partition coefficient (Wildman–Crippen LogP) is 3.01. The number of ether oxygens (including phenoxy) is 1. The minimum absolute atomic E-state index is 0.0290. The van der Waals surface area contributed by atoms with Gasteiger partial charge in [-0.2, -0.15) is 0 Å². The molecule has 1 N–H and O–H groups in total. The van der Waals surface area contributed by atoms with E-state index in [2.05, 4.69) is 24.1 Å². The monoisotopic (exact) mass is 367 g/mol. The lowest BCUT2D eigenvalue weighted by Crippen LogP contribution is -2.55. The second kappa shape index (κ2) is 9.07. The van der Waals surface area contributed by atoms with Crippen molar-refractivity contribution >= 4 is 12.0 Å². The normalized spacial score (nSPS) is 25.2. The van der Waals surface area contributed by atoms with Gasteiger partial charge in [-0.1, -0.05) is 6.42 Å². The van der Waals surface area contributed by atoms with Gasteiger partial charge >= 0.3 is 6.09 Å². The molecule has 0 bridgehead atoms. The highest BCUT2D eigenvalue weighted by atomic mass is 16.6. The summed E-state index contributed by atoms with van der Waals surface area (Å²) in [4.78, 5) is 29.4. The molecule has 2 saturated heterocycles. The number of carbonyl (C=O) groups is 2. The minimum atomic E-state index is -0.486. The van der Waals surface area contributed by atoms with Crippen LogP contribution in [0.25, 0.3) is 0 Å². The maximum absolute atomic E-state index is 13.1. The number of nitrogens with zero attached hydrogens (tertiary/aromatic N) is 2. The molecule has 0 aromatic heterocycles. The van der Waals surface area contributed by atoms with E-state index in [1.54, 1.807) is 0 Å². The van der Waals surface area contributed by atoms with E-state index in [1.807, 2.05) is 25.7 Å². The topological polar surface area (TPSA) is 61.9 Å². The molecule has 0 aliphatic carbocycles. The van der Waals surface area contributed by atoms with E-state index in [-0.39, 0.29) is 18.0 Å². The predicted molar refractivity (Wildman–Crippen MR) is 103 cm³/mol. The van der Waals surface area contributed by atoms with Crippen molar-refractivity contribution in [1.29, 1.82) is 0 Å². The summed E-state index contributed by atoms with van der Waals surface area (Å²) >= 11 is 0. The molecule has 0 aromatic carbocycles. The Morgan fingerprint density at radius 3 is 2.50 bits per heavy atom. The van der Waals surface area contributed by atoms with Crippen LogP contribution < -0.4 is 5.32 Å². The van der Waals surface area contributed by atoms with Crippen molar-refractivity contribution in [2.45, 2.75) is 84.4 Å². The van der Waals surface area contributed by atoms with Gasteiger partial charge in [-0.05, 0) is 72.8 Å². The van der Waals surface area contributed by atoms with Crippen molar-refractivity contribution in [2.24, 2.45) is 5.92 Å². The van der Waals surface area contributed by atoms with Crippen LogP contribution in [0.1, 0.15) is 66.7 Å². The molecule has 2 unspecified atom stereocenters. The minimum Gasteiger partial charge on any atom is -0.444 e. The van der Waals surface area contributed by atoms with Gasteiger partial charge in [0.25, 0.3) is 0 Å². The number of rotatable bonds is 4. The zero-order chi connectivity index (χ0) is 19.3. The summed E-state index contributed by atoms with van der Waals surface area (Å²) in [5, 5.41) is 2.87. The van der Waals surface area contributed by atoms with E-state index < -0.39 is 5.60 Å². The maximum atomic E-state index is 13.1. The third-order valence-electron chi connectivity index (χ3n) is 5.26. The summed E-state index contributed by atoms with van der Waals surface area (Å²) in [5.74, 6) is 0.580. The molecule has 26 heavy (non-hydrogen) atoms. The number of hydrogen-bond donors (Lipinski definition) is 1. The summed E-state index contributed by atoms with van der Waals surface area (Å²) in [7, 11) is 0. The van der Waals surface area contributed by atoms with Crippen molar-refractivity contribution in [3.8, 4) is 0 Å². The van der Waals surface area contributed by atoms with Gasteiger partial charge in [0.15, 0.2) is 0 Å². The zero-order valence-corrected chi connectivity index (χ0v) is 17.2. The van der Waals surface area contributed by atoms with Gasteiger partial charge in [0.2, 0.25) is 5.91 Å². The molecular weight excluding hydrogens is 330 g/mol. The average molecular weight is 368 g/mol. The third kappa shape index (κ3) is 6.15. The summed E-state index contributed by atoms with van der Waals surface area (Å²) in [6, 6.07) is 0.431. The first-order chi connectivity index (χ1) is 12.2. The van der Waals surface area contributed by atoms with E-state index in [9.17, 15) is 9.59 Å². The number of likely N-dealkylation sites (tertiary alicyclic amines) is 2. The number of hydrogen-bond acceptors (Lipinski definition) is 4. The molecule has 2 fully saturated rings. The van der Waals surface area contributed by atoms with Gasteiger partial charge in [-0.15, -0.1) is 0 Å². The smallest absolute Gasteiger partial charge is 0.407 e. The van der Waals surface area contributed by atoms with Crippen LogP contribution in [0.2, 0.25) is 0 Å². The standard InChI is InChI=1S/C20H37N3O3/c1-15(2)23-12-7-6-10-17(23)18(24)22-11-8-9-16(14-22)13-21-19(25)26-20(3,4)5/h15-17H,6-14H2,1-5H3,(H,21,25).